The molecule has 0 saturated heterocycles. The van der Waals surface area contributed by atoms with E-state index in [4.69, 9.17) is 21.7 Å². The molecule has 4 nitrogen and oxygen atoms in total. The molecular formula is C67H59IrN3O-2. The Morgan fingerprint density at radius 3 is 1.97 bits per heavy atom. The first-order valence-electron chi connectivity index (χ1n) is 28.8. The van der Waals surface area contributed by atoms with Gasteiger partial charge in [-0.25, -0.2) is 0 Å². The molecule has 359 valence electrons. The number of aryl methyl sites for hydroxylation is 3. The number of imidazole rings is 1. The fourth-order valence-corrected chi connectivity index (χ4v) is 10.1. The Bertz CT molecular complexity index is 4330. The Morgan fingerprint density at radius 1 is 0.611 bits per heavy atom. The summed E-state index contributed by atoms with van der Waals surface area (Å²) in [6.45, 7) is 8.02. The number of benzene rings is 9. The van der Waals surface area contributed by atoms with Crippen molar-refractivity contribution in [1.82, 2.24) is 14.5 Å². The van der Waals surface area contributed by atoms with Crippen LogP contribution in [0.15, 0.2) is 168 Å². The van der Waals surface area contributed by atoms with Crippen molar-refractivity contribution >= 4 is 65.3 Å². The molecule has 1 radical (unpaired) electrons. The summed E-state index contributed by atoms with van der Waals surface area (Å²) < 4.78 is 80.5. The molecule has 12 rings (SSSR count). The smallest absolute Gasteiger partial charge is 0.121 e. The third-order valence-corrected chi connectivity index (χ3v) is 13.7. The van der Waals surface area contributed by atoms with E-state index in [2.05, 4.69) is 165 Å². The van der Waals surface area contributed by atoms with Gasteiger partial charge in [-0.15, -0.1) is 53.1 Å². The van der Waals surface area contributed by atoms with Gasteiger partial charge >= 0.3 is 0 Å². The second kappa shape index (κ2) is 19.1. The van der Waals surface area contributed by atoms with Crippen LogP contribution in [0.2, 0.25) is 0 Å². The standard InChI is InChI=1S/C50H39N2O.C17H20N.Ir/c1-29(2)40-26-36(32-13-7-6-8-14-32)27-41(30(3)4)47(40)52-48-38-18-12-10-16-34(38)22-24-44(48)51-50(52)39-23-19-31(5)46-43-25-35-21-20-33-15-9-11-17-37(33)42(35)28-45(43)53-49(39)46;1-12-6-8-14(9-7-12)16-10-15(17(3,4)5)13(2)11-18-16;/h6-22,24-30H,1-5H3;6-8,10-11H,1-5H3;/q2*-1;/i5D3;1D3,2D3;. The number of pyridine rings is 1. The van der Waals surface area contributed by atoms with E-state index in [0.717, 1.165) is 54.4 Å². The summed E-state index contributed by atoms with van der Waals surface area (Å²) in [6.07, 6.45) is 1.38. The van der Waals surface area contributed by atoms with E-state index in [1.807, 2.05) is 32.9 Å². The summed E-state index contributed by atoms with van der Waals surface area (Å²) in [7, 11) is 0. The quantitative estimate of drug-likeness (QED) is 0.123. The maximum absolute atomic E-state index is 8.66. The van der Waals surface area contributed by atoms with E-state index in [9.17, 15) is 0 Å². The van der Waals surface area contributed by atoms with Crippen LogP contribution < -0.4 is 0 Å². The van der Waals surface area contributed by atoms with Gasteiger partial charge in [-0.2, -0.15) is 0 Å². The molecule has 0 atom stereocenters. The van der Waals surface area contributed by atoms with Crippen molar-refractivity contribution in [3.8, 4) is 39.5 Å². The van der Waals surface area contributed by atoms with E-state index in [0.29, 0.717) is 44.8 Å². The largest absolute Gasteiger partial charge is 0.501 e. The summed E-state index contributed by atoms with van der Waals surface area (Å²) in [4.78, 5) is 9.68. The minimum absolute atomic E-state index is 0. The molecule has 0 saturated carbocycles. The third kappa shape index (κ3) is 8.63. The van der Waals surface area contributed by atoms with Gasteiger partial charge in [0.1, 0.15) is 5.58 Å². The van der Waals surface area contributed by atoms with Crippen molar-refractivity contribution in [3.05, 3.63) is 209 Å². The summed E-state index contributed by atoms with van der Waals surface area (Å²) >= 11 is 0. The van der Waals surface area contributed by atoms with Crippen LogP contribution in [0, 0.1) is 32.7 Å². The molecule has 0 aliphatic heterocycles. The van der Waals surface area contributed by atoms with Crippen LogP contribution in [0.1, 0.15) is 106 Å². The molecule has 5 heteroatoms. The van der Waals surface area contributed by atoms with Crippen LogP contribution in [0.25, 0.3) is 105 Å². The maximum atomic E-state index is 8.66. The second-order valence-electron chi connectivity index (χ2n) is 20.2. The monoisotopic (exact) mass is 1120 g/mol. The fourth-order valence-electron chi connectivity index (χ4n) is 10.1. The van der Waals surface area contributed by atoms with Gasteiger partial charge in [0, 0.05) is 55.1 Å². The van der Waals surface area contributed by atoms with Crippen LogP contribution in [0.5, 0.6) is 0 Å². The predicted molar refractivity (Wildman–Crippen MR) is 300 cm³/mol. The number of hydrogen-bond acceptors (Lipinski definition) is 3. The molecule has 0 aliphatic rings. The maximum Gasteiger partial charge on any atom is 0.121 e. The Hall–Kier alpha value is -7.17. The van der Waals surface area contributed by atoms with E-state index >= 15 is 0 Å². The minimum atomic E-state index is -2.40. The van der Waals surface area contributed by atoms with Gasteiger partial charge in [-0.3, -0.25) is 4.98 Å². The van der Waals surface area contributed by atoms with Gasteiger partial charge in [-0.05, 0) is 120 Å². The molecule has 0 amide bonds. The number of aromatic nitrogens is 3. The second-order valence-corrected chi connectivity index (χ2v) is 20.2. The topological polar surface area (TPSA) is 43.9 Å². The first-order valence-corrected chi connectivity index (χ1v) is 24.3. The summed E-state index contributed by atoms with van der Waals surface area (Å²) in [5.74, 6) is 0.993. The van der Waals surface area contributed by atoms with Crippen LogP contribution in [-0.2, 0) is 25.5 Å². The zero-order valence-corrected chi connectivity index (χ0v) is 43.7. The molecule has 0 spiro atoms. The molecule has 0 unspecified atom stereocenters. The van der Waals surface area contributed by atoms with Crippen LogP contribution in [0.4, 0.5) is 0 Å². The minimum Gasteiger partial charge on any atom is -0.501 e. The van der Waals surface area contributed by atoms with E-state index in [-0.39, 0.29) is 54.0 Å². The molecule has 9 aromatic carbocycles. The van der Waals surface area contributed by atoms with Crippen molar-refractivity contribution in [2.24, 2.45) is 0 Å². The van der Waals surface area contributed by atoms with Crippen molar-refractivity contribution in [2.75, 3.05) is 0 Å². The van der Waals surface area contributed by atoms with Gasteiger partial charge in [-0.1, -0.05) is 176 Å². The number of furan rings is 1. The molecule has 0 bridgehead atoms. The van der Waals surface area contributed by atoms with Crippen LogP contribution in [-0.4, -0.2) is 14.5 Å². The van der Waals surface area contributed by atoms with E-state index in [1.54, 1.807) is 18.2 Å². The number of rotatable bonds is 6. The number of fused-ring (bicyclic) bond motifs is 9. The first kappa shape index (κ1) is 38.5. The predicted octanol–water partition coefficient (Wildman–Crippen LogP) is 18.5. The molecule has 0 N–H and O–H groups in total. The molecule has 72 heavy (non-hydrogen) atoms. The van der Waals surface area contributed by atoms with Crippen molar-refractivity contribution in [2.45, 2.75) is 86.3 Å². The zero-order chi connectivity index (χ0) is 56.8. The van der Waals surface area contributed by atoms with Crippen LogP contribution in [0.3, 0.4) is 0 Å². The van der Waals surface area contributed by atoms with Gasteiger partial charge in [0.15, 0.2) is 0 Å². The Labute approximate surface area is 449 Å². The van der Waals surface area contributed by atoms with Crippen molar-refractivity contribution in [3.63, 3.8) is 0 Å². The van der Waals surface area contributed by atoms with E-state index < -0.39 is 20.6 Å². The van der Waals surface area contributed by atoms with Gasteiger partial charge in [0.05, 0.1) is 22.4 Å². The van der Waals surface area contributed by atoms with Crippen molar-refractivity contribution in [1.29, 1.82) is 0 Å². The van der Waals surface area contributed by atoms with Gasteiger partial charge in [0.2, 0.25) is 0 Å². The Morgan fingerprint density at radius 2 is 1.29 bits per heavy atom. The molecule has 0 fully saturated rings. The summed E-state index contributed by atoms with van der Waals surface area (Å²) in [5.41, 5.74) is 11.5. The average Bonchev–Trinajstić information content (AvgIpc) is 4.01. The van der Waals surface area contributed by atoms with Gasteiger partial charge in [0.25, 0.3) is 0 Å². The van der Waals surface area contributed by atoms with Gasteiger partial charge < -0.3 is 14.0 Å². The SMILES string of the molecule is [2H]C([2H])([2H])c1c[c-]c(-c2cc(C(C)(C)C)c(C([2H])([2H])[2H])cn2)cc1.[2H]C([2H])([2H])c1c[c-]c(-c2nc3ccc4ccccc4c3n2-c2c(C(C)C)cc(-c3ccccc3)cc2C(C)C)c2oc3cc4c(ccc5ccccc54)cc3c12.[Ir]. The normalized spacial score (nSPS) is 14.3. The molecule has 3 heterocycles. The molecule has 0 aliphatic carbocycles. The Kier molecular flexibility index (Phi) is 10.2. The number of hydrogen-bond donors (Lipinski definition) is 0. The third-order valence-electron chi connectivity index (χ3n) is 13.7. The summed E-state index contributed by atoms with van der Waals surface area (Å²) in [6, 6.07) is 58.9. The summed E-state index contributed by atoms with van der Waals surface area (Å²) in [5, 5.41) is 7.84. The Balaban J connectivity index is 0.000000249. The van der Waals surface area contributed by atoms with E-state index in [1.165, 1.54) is 40.6 Å². The zero-order valence-electron chi connectivity index (χ0n) is 50.3. The fraction of sp³-hybridized carbons (Fsp3) is 0.194. The van der Waals surface area contributed by atoms with Crippen LogP contribution >= 0.6 is 0 Å². The average molecular weight is 1120 g/mol. The number of nitrogens with zero attached hydrogens (tertiary/aromatic N) is 3. The van der Waals surface area contributed by atoms with Crippen molar-refractivity contribution < 1.29 is 36.9 Å². The molecular weight excluding hydrogens is 1050 g/mol. The molecule has 3 aromatic heterocycles. The first-order chi connectivity index (χ1) is 37.9. The molecule has 12 aromatic rings.